The highest BCUT2D eigenvalue weighted by molar-refractivity contribution is 6.82. The van der Waals surface area contributed by atoms with Crippen molar-refractivity contribution in [3.05, 3.63) is 54.9 Å². The van der Waals surface area contributed by atoms with E-state index in [1.54, 1.807) is 254 Å². The van der Waals surface area contributed by atoms with Crippen LogP contribution in [-0.4, -0.2) is 38.8 Å². The van der Waals surface area contributed by atoms with E-state index in [-0.39, 0.29) is 19.0 Å². The van der Waals surface area contributed by atoms with Crippen molar-refractivity contribution >= 4 is 297 Å². The topological polar surface area (TPSA) is 89.0 Å². The van der Waals surface area contributed by atoms with Crippen LogP contribution in [0.2, 0.25) is 0 Å². The van der Waals surface area contributed by atoms with Crippen LogP contribution >= 0.6 is 0 Å². The maximum absolute atomic E-state index is 16.5. The first-order chi connectivity index (χ1) is 40.6. The Hall–Kier alpha value is -9.43. The number of aromatic nitrogens is 2. The minimum absolute atomic E-state index is 0.0791. The number of hydrogen-bond donors (Lipinski definition) is 2. The first kappa shape index (κ1) is 34.0. The molecule has 1 saturated heterocycles. The molecule has 82 heavy (non-hydrogen) atoms. The predicted molar refractivity (Wildman–Crippen MR) is 337 cm³/mol. The summed E-state index contributed by atoms with van der Waals surface area (Å²) in [6.07, 6.45) is 8.17. The zero-order valence-corrected chi connectivity index (χ0v) is 43.1. The third kappa shape index (κ3) is 2.07. The van der Waals surface area contributed by atoms with Crippen LogP contribution in [0.1, 0.15) is 73.3 Å². The molecule has 7 heteroatoms. The van der Waals surface area contributed by atoms with Gasteiger partial charge in [-0.2, -0.15) is 0 Å². The molecule has 1 aromatic heterocycles. The maximum Gasteiger partial charge on any atom is 0.325 e. The van der Waals surface area contributed by atoms with Gasteiger partial charge < -0.3 is 9.88 Å². The third-order valence-corrected chi connectivity index (χ3v) is 27.7. The first-order valence-corrected chi connectivity index (χ1v) is 30.7. The Labute approximate surface area is 449 Å². The molecule has 2 spiro atoms. The number of aromatic amines is 2. The number of carbonyl (C=O) groups is 1. The normalized spacial score (nSPS) is 21.5. The molecule has 2 heterocycles. The molecular weight excluding hydrogens is 1000 g/mol. The zero-order valence-electron chi connectivity index (χ0n) is 43.1. The van der Waals surface area contributed by atoms with Gasteiger partial charge in [0.1, 0.15) is 11.1 Å². The molecule has 2 N–H and O–H groups in total. The fourth-order valence-electron chi connectivity index (χ4n) is 26.7. The number of carbonyl (C=O) groups excluding carboxylic acids is 1. The van der Waals surface area contributed by atoms with Gasteiger partial charge in [0, 0.05) is 12.7 Å². The van der Waals surface area contributed by atoms with Gasteiger partial charge in [0.15, 0.2) is 0 Å². The van der Waals surface area contributed by atoms with Crippen LogP contribution in [0.5, 0.6) is 0 Å². The lowest BCUT2D eigenvalue weighted by molar-refractivity contribution is -0.132. The number of benzene rings is 18. The summed E-state index contributed by atoms with van der Waals surface area (Å²) in [4.78, 5) is 52.8. The largest absolute Gasteiger partial charge is 0.337 e. The van der Waals surface area contributed by atoms with E-state index >= 15 is 4.79 Å². The Morgan fingerprint density at radius 2 is 0.610 bits per heavy atom. The summed E-state index contributed by atoms with van der Waals surface area (Å²) in [5.41, 5.74) is 4.43. The third-order valence-electron chi connectivity index (χ3n) is 27.7. The molecule has 1 amide bonds. The van der Waals surface area contributed by atoms with E-state index in [0.717, 1.165) is 19.3 Å². The molecule has 7 nitrogen and oxygen atoms in total. The van der Waals surface area contributed by atoms with E-state index in [9.17, 15) is 9.59 Å². The second-order valence-corrected chi connectivity index (χ2v) is 28.9. The van der Waals surface area contributed by atoms with Crippen LogP contribution in [0.15, 0.2) is 15.8 Å². The Bertz CT molecular complexity index is 7380. The Balaban J connectivity index is 0.888. The summed E-state index contributed by atoms with van der Waals surface area (Å²) in [5.74, 6) is 0.0791. The molecule has 362 valence electrons. The van der Waals surface area contributed by atoms with Crippen molar-refractivity contribution in [3.8, 4) is 0 Å². The van der Waals surface area contributed by atoms with Crippen LogP contribution in [0, 0.1) is 0 Å². The van der Waals surface area contributed by atoms with Crippen molar-refractivity contribution in [2.24, 2.45) is 0 Å². The molecule has 0 unspecified atom stereocenters. The van der Waals surface area contributed by atoms with Gasteiger partial charge in [0.25, 0.3) is 5.56 Å². The molecule has 29 aromatic rings. The van der Waals surface area contributed by atoms with Gasteiger partial charge in [-0.25, -0.2) is 4.79 Å². The van der Waals surface area contributed by atoms with Gasteiger partial charge in [0.2, 0.25) is 5.91 Å². The second-order valence-electron chi connectivity index (χ2n) is 28.9. The number of nitrogens with zero attached hydrogens (tertiary/aromatic N) is 2. The van der Waals surface area contributed by atoms with Crippen molar-refractivity contribution in [1.29, 1.82) is 0 Å². The SMILES string of the molecule is CCCCCCCCN(Cc1c[nH]c(=O)[nH]c1=O)C(=O)CN1C23c4c5c6c7c8c9c(c%10c%11c2c2c4c4c%12c5c5c6c6c8c8c%13c9c9c%10c%10c%11c%11c2c2c4c4c%12c%12c5c5c6c8c6c8c%13c9c9c%10c%10c%11c2c2c4c4c%12c5c6c5c8c9c%10c2c45)C713. The quantitative estimate of drug-likeness (QED) is 0.0767. The fraction of sp³-hybridized carbons (Fsp3) is 0.160. The van der Waals surface area contributed by atoms with Crippen molar-refractivity contribution < 1.29 is 4.79 Å². The number of H-pyrrole nitrogens is 2. The molecule has 0 radical (unpaired) electrons. The van der Waals surface area contributed by atoms with Gasteiger partial charge in [-0.05, 0) is 320 Å². The number of hydrogen-bond acceptors (Lipinski definition) is 4. The van der Waals surface area contributed by atoms with E-state index in [1.807, 2.05) is 4.90 Å². The number of rotatable bonds is 11. The number of unbranched alkanes of at least 4 members (excludes halogenated alkanes) is 5. The summed E-state index contributed by atoms with van der Waals surface area (Å²) < 4.78 is 0. The highest BCUT2D eigenvalue weighted by atomic mass is 16.2. The molecule has 5 aliphatic rings. The molecule has 1 fully saturated rings. The Morgan fingerprint density at radius 3 is 0.866 bits per heavy atom. The standard InChI is InChI=1S/C75H24N4O3/c1-2-3-4-5-6-7-8-78(10-12-9-76-73(82)77-72(12)81)13(80)11-79-74-68-60-52-42-32-24-16-14-15-18-22-20(16)28-36-30(22)40-34-26(18)27-19(15)23-21-17(14)25(24)33-39-29(21)37-31(23)41-35(27)45-44(34)54-48(40)58-50(36)56(46(52)38(28)32)64(68)66(58)70-62(54)63-55(45)49(41)59-51(37)57-47(39)53(43(33)42)61(60)69(74)65(57)67(59)71(63)75(70,74)79/h9H,2-8,10-11H2,1H3,(H2,76,77,81,82). The van der Waals surface area contributed by atoms with E-state index in [0.29, 0.717) is 12.1 Å². The number of amides is 1. The van der Waals surface area contributed by atoms with Crippen molar-refractivity contribution in [1.82, 2.24) is 19.8 Å². The lowest BCUT2D eigenvalue weighted by Gasteiger charge is -2.30. The molecule has 0 atom stereocenters. The average molecular weight is 1030 g/mol. The predicted octanol–water partition coefficient (Wildman–Crippen LogP) is 17.3. The molecule has 0 bridgehead atoms. The fourth-order valence-corrected chi connectivity index (χ4v) is 26.7. The van der Waals surface area contributed by atoms with Crippen LogP contribution in [0.25, 0.3) is 291 Å². The van der Waals surface area contributed by atoms with Crippen molar-refractivity contribution in [3.63, 3.8) is 0 Å². The van der Waals surface area contributed by atoms with Gasteiger partial charge in [0.05, 0.1) is 18.7 Å². The summed E-state index contributed by atoms with van der Waals surface area (Å²) >= 11 is 0. The van der Waals surface area contributed by atoms with E-state index < -0.39 is 22.3 Å². The molecule has 4 aliphatic carbocycles. The van der Waals surface area contributed by atoms with Crippen LogP contribution in [0.3, 0.4) is 0 Å². The highest BCUT2D eigenvalue weighted by Crippen LogP contribution is 2.90. The van der Waals surface area contributed by atoms with Crippen LogP contribution in [0.4, 0.5) is 0 Å². The minimum atomic E-state index is -0.602. The summed E-state index contributed by atoms with van der Waals surface area (Å²) in [5, 5.41) is 84.6. The summed E-state index contributed by atoms with van der Waals surface area (Å²) in [7, 11) is 0. The summed E-state index contributed by atoms with van der Waals surface area (Å²) in [6, 6.07) is 0. The van der Waals surface area contributed by atoms with E-state index in [1.165, 1.54) is 84.6 Å². The summed E-state index contributed by atoms with van der Waals surface area (Å²) in [6.45, 7) is 3.23. The van der Waals surface area contributed by atoms with Crippen LogP contribution < -0.4 is 11.2 Å². The second kappa shape index (κ2) is 8.35. The zero-order chi connectivity index (χ0) is 50.4. The Morgan fingerprint density at radius 1 is 0.366 bits per heavy atom. The van der Waals surface area contributed by atoms with Crippen molar-refractivity contribution in [2.45, 2.75) is 63.1 Å². The van der Waals surface area contributed by atoms with Crippen molar-refractivity contribution in [2.75, 3.05) is 13.1 Å². The van der Waals surface area contributed by atoms with Gasteiger partial charge in [-0.1, -0.05) is 39.0 Å². The Kier molecular flexibility index (Phi) is 3.46. The van der Waals surface area contributed by atoms with Crippen LogP contribution in [-0.2, 0) is 22.4 Å². The molecule has 28 aromatic carbocycles. The maximum atomic E-state index is 16.5. The molecular formula is C75H24N4O3. The average Bonchev–Trinajstić information content (AvgIpc) is 1.37. The molecule has 34 rings (SSSR count). The smallest absolute Gasteiger partial charge is 0.325 e. The van der Waals surface area contributed by atoms with Gasteiger partial charge >= 0.3 is 5.69 Å². The van der Waals surface area contributed by atoms with E-state index in [4.69, 9.17) is 0 Å². The molecule has 1 aliphatic heterocycles. The lowest BCUT2D eigenvalue weighted by Crippen LogP contribution is -2.39. The molecule has 0 saturated carbocycles. The monoisotopic (exact) mass is 1030 g/mol. The van der Waals surface area contributed by atoms with Gasteiger partial charge in [-0.15, -0.1) is 0 Å². The minimum Gasteiger partial charge on any atom is -0.337 e. The number of nitrogens with one attached hydrogen (secondary N) is 2. The highest BCUT2D eigenvalue weighted by Gasteiger charge is 2.86. The van der Waals surface area contributed by atoms with E-state index in [2.05, 4.69) is 21.8 Å². The first-order valence-electron chi connectivity index (χ1n) is 30.7. The lowest BCUT2D eigenvalue weighted by atomic mass is 9.68. The van der Waals surface area contributed by atoms with Gasteiger partial charge in [-0.3, -0.25) is 19.5 Å².